The van der Waals surface area contributed by atoms with E-state index >= 15 is 0 Å². The maximum atomic E-state index is 12.1. The summed E-state index contributed by atoms with van der Waals surface area (Å²) in [6.45, 7) is -0.377. The van der Waals surface area contributed by atoms with E-state index in [0.717, 1.165) is 11.0 Å². The molecular formula is C8H7F3N4O3. The number of carbonyl (C=O) groups excluding carboxylic acids is 1. The molecule has 0 bridgehead atoms. The minimum atomic E-state index is -4.89. The van der Waals surface area contributed by atoms with Crippen LogP contribution in [-0.4, -0.2) is 56.1 Å². The second kappa shape index (κ2) is 3.96. The van der Waals surface area contributed by atoms with E-state index in [9.17, 15) is 22.8 Å². The van der Waals surface area contributed by atoms with Gasteiger partial charge in [0.25, 0.3) is 0 Å². The quantitative estimate of drug-likeness (QED) is 0.807. The number of likely N-dealkylation sites (tertiary alicyclic amines) is 1. The first kappa shape index (κ1) is 12.3. The Balaban J connectivity index is 1.96. The number of rotatable bonds is 2. The topological polar surface area (TPSA) is 88.3 Å². The van der Waals surface area contributed by atoms with Crippen molar-refractivity contribution in [2.24, 2.45) is 0 Å². The lowest BCUT2D eigenvalue weighted by atomic mass is 10.1. The molecule has 1 aromatic rings. The first-order valence-corrected chi connectivity index (χ1v) is 4.80. The summed E-state index contributed by atoms with van der Waals surface area (Å²) in [7, 11) is 0. The molecule has 2 rings (SSSR count). The molecule has 0 atom stereocenters. The predicted molar refractivity (Wildman–Crippen MR) is 48.7 cm³/mol. The van der Waals surface area contributed by atoms with E-state index < -0.39 is 24.1 Å². The molecule has 0 radical (unpaired) electrons. The fourth-order valence-corrected chi connectivity index (χ4v) is 1.50. The number of carboxylic acid groups (broad SMARTS) is 1. The van der Waals surface area contributed by atoms with E-state index in [4.69, 9.17) is 5.11 Å². The molecule has 1 aliphatic rings. The molecule has 0 unspecified atom stereocenters. The average Bonchev–Trinajstić information content (AvgIpc) is 2.62. The highest BCUT2D eigenvalue weighted by Crippen LogP contribution is 2.26. The van der Waals surface area contributed by atoms with Crippen molar-refractivity contribution in [2.75, 3.05) is 13.1 Å². The number of alkyl halides is 3. The minimum absolute atomic E-state index is 0.188. The number of aromatic nitrogens is 3. The van der Waals surface area contributed by atoms with Gasteiger partial charge in [-0.1, -0.05) is 0 Å². The molecule has 2 heterocycles. The van der Waals surface area contributed by atoms with Crippen molar-refractivity contribution >= 4 is 11.9 Å². The van der Waals surface area contributed by atoms with E-state index in [1.165, 1.54) is 0 Å². The molecule has 0 saturated carbocycles. The van der Waals surface area contributed by atoms with Gasteiger partial charge in [-0.2, -0.15) is 23.1 Å². The van der Waals surface area contributed by atoms with Crippen LogP contribution in [0.15, 0.2) is 6.20 Å². The zero-order valence-electron chi connectivity index (χ0n) is 8.76. The Morgan fingerprint density at radius 1 is 1.39 bits per heavy atom. The number of halogens is 3. The molecular weight excluding hydrogens is 257 g/mol. The molecule has 0 aromatic carbocycles. The highest BCUT2D eigenvalue weighted by Gasteiger charge is 2.47. The van der Waals surface area contributed by atoms with E-state index in [2.05, 4.69) is 10.2 Å². The molecule has 18 heavy (non-hydrogen) atoms. The molecule has 7 nitrogen and oxygen atoms in total. The molecule has 0 spiro atoms. The molecule has 10 heteroatoms. The Bertz CT molecular complexity index is 492. The van der Waals surface area contributed by atoms with Gasteiger partial charge < -0.3 is 10.0 Å². The lowest BCUT2D eigenvalue weighted by Crippen LogP contribution is -2.55. The Hall–Kier alpha value is -2.13. The number of nitrogens with zero attached hydrogens (tertiary/aromatic N) is 4. The summed E-state index contributed by atoms with van der Waals surface area (Å²) in [5, 5.41) is 15.8. The zero-order chi connectivity index (χ0) is 13.5. The number of aromatic carboxylic acids is 1. The summed E-state index contributed by atoms with van der Waals surface area (Å²) in [5.74, 6) is -3.19. The third-order valence-electron chi connectivity index (χ3n) is 2.45. The summed E-state index contributed by atoms with van der Waals surface area (Å²) >= 11 is 0. The van der Waals surface area contributed by atoms with Crippen molar-refractivity contribution in [3.05, 3.63) is 11.9 Å². The standard InChI is InChI=1S/C8H7F3N4O3/c9-8(10,11)7(18)14-2-4(3-14)15-12-1-5(13-15)6(16)17/h1,4H,2-3H2,(H,16,17). The van der Waals surface area contributed by atoms with Gasteiger partial charge >= 0.3 is 18.1 Å². The van der Waals surface area contributed by atoms with Crippen molar-refractivity contribution in [3.8, 4) is 0 Å². The lowest BCUT2D eigenvalue weighted by Gasteiger charge is -2.38. The Morgan fingerprint density at radius 3 is 2.44 bits per heavy atom. The van der Waals surface area contributed by atoms with Gasteiger partial charge in [-0.25, -0.2) is 4.79 Å². The number of hydrogen-bond acceptors (Lipinski definition) is 4. The summed E-state index contributed by atoms with van der Waals surface area (Å²) in [5.41, 5.74) is -0.296. The first-order valence-electron chi connectivity index (χ1n) is 4.80. The highest BCUT2D eigenvalue weighted by atomic mass is 19.4. The Morgan fingerprint density at radius 2 is 2.00 bits per heavy atom. The third-order valence-corrected chi connectivity index (χ3v) is 2.45. The largest absolute Gasteiger partial charge is 0.476 e. The van der Waals surface area contributed by atoms with E-state index in [0.29, 0.717) is 4.90 Å². The van der Waals surface area contributed by atoms with Crippen LogP contribution in [-0.2, 0) is 4.79 Å². The van der Waals surface area contributed by atoms with Crippen molar-refractivity contribution in [3.63, 3.8) is 0 Å². The van der Waals surface area contributed by atoms with Crippen molar-refractivity contribution in [2.45, 2.75) is 12.2 Å². The lowest BCUT2D eigenvalue weighted by molar-refractivity contribution is -0.191. The minimum Gasteiger partial charge on any atom is -0.476 e. The molecule has 98 valence electrons. The molecule has 1 aromatic heterocycles. The molecule has 1 fully saturated rings. The van der Waals surface area contributed by atoms with Gasteiger partial charge in [0, 0.05) is 13.1 Å². The average molecular weight is 264 g/mol. The van der Waals surface area contributed by atoms with Gasteiger partial charge in [0.15, 0.2) is 5.69 Å². The van der Waals surface area contributed by atoms with Gasteiger partial charge in [0.2, 0.25) is 0 Å². The first-order chi connectivity index (χ1) is 8.29. The van der Waals surface area contributed by atoms with E-state index in [1.807, 2.05) is 0 Å². The summed E-state index contributed by atoms with van der Waals surface area (Å²) in [4.78, 5) is 22.9. The zero-order valence-corrected chi connectivity index (χ0v) is 8.76. The molecule has 1 N–H and O–H groups in total. The summed E-state index contributed by atoms with van der Waals surface area (Å²) in [6, 6.07) is -0.524. The van der Waals surface area contributed by atoms with Crippen LogP contribution in [0, 0.1) is 0 Å². The van der Waals surface area contributed by atoms with Gasteiger partial charge in [-0.3, -0.25) is 4.79 Å². The van der Waals surface area contributed by atoms with Crippen LogP contribution in [0.5, 0.6) is 0 Å². The fraction of sp³-hybridized carbons (Fsp3) is 0.500. The maximum absolute atomic E-state index is 12.1. The molecule has 1 aliphatic heterocycles. The number of amides is 1. The summed E-state index contributed by atoms with van der Waals surface area (Å²) < 4.78 is 36.2. The van der Waals surface area contributed by atoms with Crippen LogP contribution in [0.25, 0.3) is 0 Å². The van der Waals surface area contributed by atoms with Crippen LogP contribution >= 0.6 is 0 Å². The predicted octanol–water partition coefficient (Wildman–Crippen LogP) is -0.0781. The van der Waals surface area contributed by atoms with Crippen LogP contribution in [0.1, 0.15) is 16.5 Å². The second-order valence-electron chi connectivity index (χ2n) is 3.72. The molecule has 1 amide bonds. The van der Waals surface area contributed by atoms with E-state index in [-0.39, 0.29) is 18.8 Å². The number of carbonyl (C=O) groups is 2. The van der Waals surface area contributed by atoms with Crippen molar-refractivity contribution in [1.29, 1.82) is 0 Å². The van der Waals surface area contributed by atoms with Crippen LogP contribution < -0.4 is 0 Å². The second-order valence-corrected chi connectivity index (χ2v) is 3.72. The number of carboxylic acids is 1. The monoisotopic (exact) mass is 264 g/mol. The Kier molecular flexibility index (Phi) is 2.71. The van der Waals surface area contributed by atoms with Crippen LogP contribution in [0.3, 0.4) is 0 Å². The van der Waals surface area contributed by atoms with Crippen LogP contribution in [0.2, 0.25) is 0 Å². The number of hydrogen-bond donors (Lipinski definition) is 1. The maximum Gasteiger partial charge on any atom is 0.471 e. The van der Waals surface area contributed by atoms with Gasteiger partial charge in [-0.05, 0) is 0 Å². The third kappa shape index (κ3) is 2.13. The van der Waals surface area contributed by atoms with Gasteiger partial charge in [-0.15, -0.1) is 5.10 Å². The molecule has 1 saturated heterocycles. The van der Waals surface area contributed by atoms with Crippen molar-refractivity contribution in [1.82, 2.24) is 19.9 Å². The van der Waals surface area contributed by atoms with Crippen LogP contribution in [0.4, 0.5) is 13.2 Å². The fourth-order valence-electron chi connectivity index (χ4n) is 1.50. The SMILES string of the molecule is O=C(O)c1cnn(C2CN(C(=O)C(F)(F)F)C2)n1. The van der Waals surface area contributed by atoms with Gasteiger partial charge in [0.1, 0.15) is 6.04 Å². The van der Waals surface area contributed by atoms with Gasteiger partial charge in [0.05, 0.1) is 6.20 Å². The highest BCUT2D eigenvalue weighted by molar-refractivity contribution is 5.84. The van der Waals surface area contributed by atoms with Crippen molar-refractivity contribution < 1.29 is 27.9 Å². The normalized spacial score (nSPS) is 16.5. The summed E-state index contributed by atoms with van der Waals surface area (Å²) in [6.07, 6.45) is -3.90. The Labute approximate surface area is 97.8 Å². The smallest absolute Gasteiger partial charge is 0.471 e. The van der Waals surface area contributed by atoms with E-state index in [1.54, 1.807) is 0 Å². The molecule has 0 aliphatic carbocycles.